The zero-order chi connectivity index (χ0) is 12.7. The zero-order valence-corrected chi connectivity index (χ0v) is 10.1. The summed E-state index contributed by atoms with van der Waals surface area (Å²) < 4.78 is 5.73. The van der Waals surface area contributed by atoms with Gasteiger partial charge in [0.2, 0.25) is 5.89 Å². The standard InChI is InChI=1S/C16H10N2O/c1-2-6-12-10-17-14(9-11(12)5-1)16-18-13-7-3-4-8-15(13)19-16/h1-10H. The first kappa shape index (κ1) is 10.3. The maximum absolute atomic E-state index is 5.73. The van der Waals surface area contributed by atoms with E-state index in [1.54, 1.807) is 0 Å². The fourth-order valence-corrected chi connectivity index (χ4v) is 2.18. The van der Waals surface area contributed by atoms with E-state index in [2.05, 4.69) is 16.0 Å². The van der Waals surface area contributed by atoms with E-state index in [4.69, 9.17) is 4.42 Å². The normalized spacial score (nSPS) is 11.2. The minimum absolute atomic E-state index is 0.562. The highest BCUT2D eigenvalue weighted by atomic mass is 16.3. The monoisotopic (exact) mass is 246 g/mol. The zero-order valence-electron chi connectivity index (χ0n) is 10.1. The third kappa shape index (κ3) is 1.67. The molecule has 0 aliphatic heterocycles. The van der Waals surface area contributed by atoms with E-state index in [9.17, 15) is 0 Å². The molecule has 2 aromatic heterocycles. The van der Waals surface area contributed by atoms with Crippen LogP contribution in [-0.4, -0.2) is 9.97 Å². The van der Waals surface area contributed by atoms with Crippen molar-refractivity contribution in [1.29, 1.82) is 0 Å². The van der Waals surface area contributed by atoms with E-state index < -0.39 is 0 Å². The number of pyridine rings is 1. The molecule has 90 valence electrons. The highest BCUT2D eigenvalue weighted by molar-refractivity contribution is 5.85. The van der Waals surface area contributed by atoms with Gasteiger partial charge in [-0.1, -0.05) is 36.4 Å². The molecular formula is C16H10N2O. The molecule has 0 spiro atoms. The molecule has 19 heavy (non-hydrogen) atoms. The minimum atomic E-state index is 0.562. The highest BCUT2D eigenvalue weighted by Gasteiger charge is 2.09. The first-order valence-electron chi connectivity index (χ1n) is 6.11. The van der Waals surface area contributed by atoms with Crippen molar-refractivity contribution in [3.63, 3.8) is 0 Å². The molecule has 0 atom stereocenters. The molecule has 0 fully saturated rings. The van der Waals surface area contributed by atoms with Crippen molar-refractivity contribution < 1.29 is 4.42 Å². The quantitative estimate of drug-likeness (QED) is 0.508. The van der Waals surface area contributed by atoms with Crippen LogP contribution in [0.2, 0.25) is 0 Å². The predicted octanol–water partition coefficient (Wildman–Crippen LogP) is 4.04. The average Bonchev–Trinajstić information content (AvgIpc) is 2.90. The van der Waals surface area contributed by atoms with Crippen LogP contribution < -0.4 is 0 Å². The SMILES string of the molecule is c1ccc2cc(-c3nc4ccccc4o3)ncc2c1. The van der Waals surface area contributed by atoms with Crippen LogP contribution in [0.15, 0.2) is 65.2 Å². The Kier molecular flexibility index (Phi) is 2.12. The number of aromatic nitrogens is 2. The largest absolute Gasteiger partial charge is 0.435 e. The molecule has 0 saturated heterocycles. The Morgan fingerprint density at radius 2 is 1.63 bits per heavy atom. The van der Waals surface area contributed by atoms with E-state index in [-0.39, 0.29) is 0 Å². The second kappa shape index (κ2) is 3.92. The Hall–Kier alpha value is -2.68. The molecule has 3 heteroatoms. The summed E-state index contributed by atoms with van der Waals surface area (Å²) in [4.78, 5) is 8.88. The van der Waals surface area contributed by atoms with Crippen molar-refractivity contribution >= 4 is 21.9 Å². The van der Waals surface area contributed by atoms with Crippen LogP contribution in [0.1, 0.15) is 0 Å². The molecule has 0 unspecified atom stereocenters. The molecule has 0 radical (unpaired) electrons. The Labute approximate surface area is 109 Å². The van der Waals surface area contributed by atoms with E-state index >= 15 is 0 Å². The van der Waals surface area contributed by atoms with Gasteiger partial charge >= 0.3 is 0 Å². The van der Waals surface area contributed by atoms with E-state index in [0.717, 1.165) is 27.6 Å². The minimum Gasteiger partial charge on any atom is -0.435 e. The van der Waals surface area contributed by atoms with Crippen LogP contribution in [0.5, 0.6) is 0 Å². The number of nitrogens with zero attached hydrogens (tertiary/aromatic N) is 2. The van der Waals surface area contributed by atoms with Crippen molar-refractivity contribution in [2.45, 2.75) is 0 Å². The Balaban J connectivity index is 1.93. The van der Waals surface area contributed by atoms with Gasteiger partial charge < -0.3 is 4.42 Å². The van der Waals surface area contributed by atoms with Gasteiger partial charge in [-0.25, -0.2) is 4.98 Å². The van der Waals surface area contributed by atoms with Gasteiger partial charge in [0.05, 0.1) is 0 Å². The van der Waals surface area contributed by atoms with Crippen LogP contribution in [0.25, 0.3) is 33.5 Å². The van der Waals surface area contributed by atoms with Crippen molar-refractivity contribution in [3.8, 4) is 11.6 Å². The van der Waals surface area contributed by atoms with Gasteiger partial charge in [-0.3, -0.25) is 4.98 Å². The molecular weight excluding hydrogens is 236 g/mol. The van der Waals surface area contributed by atoms with Crippen molar-refractivity contribution in [1.82, 2.24) is 9.97 Å². The van der Waals surface area contributed by atoms with Gasteiger partial charge in [0, 0.05) is 11.6 Å². The highest BCUT2D eigenvalue weighted by Crippen LogP contribution is 2.24. The lowest BCUT2D eigenvalue weighted by Crippen LogP contribution is -1.83. The average molecular weight is 246 g/mol. The molecule has 0 N–H and O–H groups in total. The summed E-state index contributed by atoms with van der Waals surface area (Å²) in [6.45, 7) is 0. The topological polar surface area (TPSA) is 38.9 Å². The van der Waals surface area contributed by atoms with E-state index in [1.807, 2.05) is 54.7 Å². The van der Waals surface area contributed by atoms with Gasteiger partial charge in [0.15, 0.2) is 5.58 Å². The maximum Gasteiger partial charge on any atom is 0.246 e. The molecule has 0 amide bonds. The van der Waals surface area contributed by atoms with E-state index in [0.29, 0.717) is 5.89 Å². The molecule has 4 rings (SSSR count). The van der Waals surface area contributed by atoms with Crippen LogP contribution in [0.3, 0.4) is 0 Å². The predicted molar refractivity (Wildman–Crippen MR) is 74.7 cm³/mol. The number of oxazole rings is 1. The van der Waals surface area contributed by atoms with Crippen LogP contribution in [0.4, 0.5) is 0 Å². The van der Waals surface area contributed by atoms with Gasteiger partial charge in [-0.15, -0.1) is 0 Å². The Bertz CT molecular complexity index is 847. The number of para-hydroxylation sites is 2. The first-order valence-corrected chi connectivity index (χ1v) is 6.11. The fraction of sp³-hybridized carbons (Fsp3) is 0. The summed E-state index contributed by atoms with van der Waals surface area (Å²) >= 11 is 0. The lowest BCUT2D eigenvalue weighted by Gasteiger charge is -1.98. The summed E-state index contributed by atoms with van der Waals surface area (Å²) in [5, 5.41) is 2.25. The third-order valence-corrected chi connectivity index (χ3v) is 3.14. The Morgan fingerprint density at radius 1 is 0.842 bits per heavy atom. The van der Waals surface area contributed by atoms with Crippen molar-refractivity contribution in [2.24, 2.45) is 0 Å². The van der Waals surface area contributed by atoms with Crippen molar-refractivity contribution in [2.75, 3.05) is 0 Å². The smallest absolute Gasteiger partial charge is 0.246 e. The number of fused-ring (bicyclic) bond motifs is 2. The molecule has 2 aromatic carbocycles. The lowest BCUT2D eigenvalue weighted by molar-refractivity contribution is 0.617. The molecule has 3 nitrogen and oxygen atoms in total. The summed E-state index contributed by atoms with van der Waals surface area (Å²) in [5.41, 5.74) is 2.40. The summed E-state index contributed by atoms with van der Waals surface area (Å²) in [6, 6.07) is 17.8. The summed E-state index contributed by atoms with van der Waals surface area (Å²) in [5.74, 6) is 0.562. The van der Waals surface area contributed by atoms with Gasteiger partial charge in [-0.05, 0) is 23.6 Å². The second-order valence-electron chi connectivity index (χ2n) is 4.40. The molecule has 0 aliphatic carbocycles. The van der Waals surface area contributed by atoms with Gasteiger partial charge in [-0.2, -0.15) is 0 Å². The number of benzene rings is 2. The Morgan fingerprint density at radius 3 is 2.53 bits per heavy atom. The lowest BCUT2D eigenvalue weighted by atomic mass is 10.1. The summed E-state index contributed by atoms with van der Waals surface area (Å²) in [6.07, 6.45) is 1.85. The number of rotatable bonds is 1. The van der Waals surface area contributed by atoms with Crippen LogP contribution in [0, 0.1) is 0 Å². The number of hydrogen-bond acceptors (Lipinski definition) is 3. The maximum atomic E-state index is 5.73. The van der Waals surface area contributed by atoms with Gasteiger partial charge in [0.1, 0.15) is 11.2 Å². The first-order chi connectivity index (χ1) is 9.40. The van der Waals surface area contributed by atoms with E-state index in [1.165, 1.54) is 0 Å². The van der Waals surface area contributed by atoms with Crippen LogP contribution >= 0.6 is 0 Å². The molecule has 0 aliphatic rings. The summed E-state index contributed by atoms with van der Waals surface area (Å²) in [7, 11) is 0. The molecule has 4 aromatic rings. The van der Waals surface area contributed by atoms with Gasteiger partial charge in [0.25, 0.3) is 0 Å². The molecule has 2 heterocycles. The fourth-order valence-electron chi connectivity index (χ4n) is 2.18. The van der Waals surface area contributed by atoms with Crippen LogP contribution in [-0.2, 0) is 0 Å². The number of hydrogen-bond donors (Lipinski definition) is 0. The molecule has 0 bridgehead atoms. The van der Waals surface area contributed by atoms with Crippen molar-refractivity contribution in [3.05, 3.63) is 60.8 Å². The second-order valence-corrected chi connectivity index (χ2v) is 4.40. The molecule has 0 saturated carbocycles. The third-order valence-electron chi connectivity index (χ3n) is 3.14.